The molecule has 15 nitrogen and oxygen atoms in total. The summed E-state index contributed by atoms with van der Waals surface area (Å²) in [6.45, 7) is 7.94. The van der Waals surface area contributed by atoms with Crippen molar-refractivity contribution in [3.05, 3.63) is 72.2 Å². The Kier molecular flexibility index (Phi) is 9.57. The number of hydrogen-bond donors (Lipinski definition) is 0. The van der Waals surface area contributed by atoms with Crippen molar-refractivity contribution in [2.45, 2.75) is 27.7 Å². The number of hydrogen-bond acceptors (Lipinski definition) is 12. The van der Waals surface area contributed by atoms with Gasteiger partial charge in [0.25, 0.3) is 0 Å². The molecule has 6 heterocycles. The quantitative estimate of drug-likeness (QED) is 0.176. The summed E-state index contributed by atoms with van der Waals surface area (Å²) in [5.74, 6) is 4.41. The number of nitrogens with zero attached hydrogens (tertiary/aromatic N) is 12. The third-order valence-corrected chi connectivity index (χ3v) is 6.27. The molecule has 0 N–H and O–H groups in total. The molecule has 0 fully saturated rings. The Balaban J connectivity index is 0.00000400. The van der Waals surface area contributed by atoms with Crippen molar-refractivity contribution in [3.63, 3.8) is 0 Å². The first-order valence-corrected chi connectivity index (χ1v) is 13.6. The molecule has 234 valence electrons. The van der Waals surface area contributed by atoms with Gasteiger partial charge in [0, 0.05) is 50.7 Å². The Morgan fingerprint density at radius 1 is 0.578 bits per heavy atom. The summed E-state index contributed by atoms with van der Waals surface area (Å²) in [7, 11) is 0. The molecule has 0 amide bonds. The fourth-order valence-electron chi connectivity index (χ4n) is 3.99. The van der Waals surface area contributed by atoms with Crippen LogP contribution in [-0.4, -0.2) is 65.0 Å². The zero-order valence-electron chi connectivity index (χ0n) is 24.7. The number of pyridine rings is 3. The predicted octanol–water partition coefficient (Wildman–Crippen LogP) is 2.58. The summed E-state index contributed by atoms with van der Waals surface area (Å²) in [5.41, 5.74) is 1.06. The molecule has 45 heavy (non-hydrogen) atoms. The third kappa shape index (κ3) is 7.92. The predicted molar refractivity (Wildman–Crippen MR) is 155 cm³/mol. The van der Waals surface area contributed by atoms with Crippen LogP contribution in [0.5, 0.6) is 17.5 Å². The molecule has 0 unspecified atom stereocenters. The zero-order valence-corrected chi connectivity index (χ0v) is 27.0. The van der Waals surface area contributed by atoms with Gasteiger partial charge in [0.1, 0.15) is 25.6 Å². The molecule has 0 aliphatic rings. The summed E-state index contributed by atoms with van der Waals surface area (Å²) in [6.07, 6.45) is 1.62. The Labute approximate surface area is 272 Å². The van der Waals surface area contributed by atoms with Crippen LogP contribution in [0.1, 0.15) is 24.4 Å². The molecule has 6 rings (SSSR count). The van der Waals surface area contributed by atoms with Crippen molar-refractivity contribution in [1.82, 2.24) is 60.5 Å². The average Bonchev–Trinajstić information content (AvgIpc) is 3.80. The van der Waals surface area contributed by atoms with Crippen LogP contribution in [0, 0.1) is 26.2 Å². The zero-order chi connectivity index (χ0) is 30.5. The molecule has 6 aromatic rings. The van der Waals surface area contributed by atoms with Crippen LogP contribution >= 0.6 is 0 Å². The van der Waals surface area contributed by atoms with Crippen molar-refractivity contribution in [2.24, 2.45) is 5.41 Å². The summed E-state index contributed by atoms with van der Waals surface area (Å²) < 4.78 is 18.5. The topological polar surface area (TPSA) is 186 Å². The molecule has 0 radical (unpaired) electrons. The van der Waals surface area contributed by atoms with Crippen molar-refractivity contribution in [2.75, 3.05) is 19.8 Å². The normalized spacial score (nSPS) is 11.2. The van der Waals surface area contributed by atoms with Gasteiger partial charge >= 0.3 is 0 Å². The van der Waals surface area contributed by atoms with E-state index in [2.05, 4.69) is 60.5 Å². The average molecular weight is 787 g/mol. The van der Waals surface area contributed by atoms with E-state index in [9.17, 15) is 0 Å². The van der Waals surface area contributed by atoms with Crippen LogP contribution in [0.25, 0.3) is 34.6 Å². The van der Waals surface area contributed by atoms with E-state index in [4.69, 9.17) is 14.2 Å². The Bertz CT molecular complexity index is 1770. The first-order chi connectivity index (χ1) is 21.3. The van der Waals surface area contributed by atoms with Gasteiger partial charge in [-0.05, 0) is 69.4 Å². The minimum absolute atomic E-state index is 0. The maximum Gasteiger partial charge on any atom is 0.213 e. The van der Waals surface area contributed by atoms with Crippen LogP contribution in [-0.2, 0) is 21.1 Å². The summed E-state index contributed by atoms with van der Waals surface area (Å²) in [4.78, 5) is 26.4. The summed E-state index contributed by atoms with van der Waals surface area (Å²) in [5, 5.41) is 24.0. The van der Waals surface area contributed by atoms with Crippen molar-refractivity contribution in [1.29, 1.82) is 0 Å². The molecule has 0 saturated carbocycles. The van der Waals surface area contributed by atoms with E-state index < -0.39 is 5.41 Å². The van der Waals surface area contributed by atoms with E-state index in [0.717, 1.165) is 0 Å². The van der Waals surface area contributed by atoms with Gasteiger partial charge in [-0.2, -0.15) is 0 Å². The van der Waals surface area contributed by atoms with E-state index >= 15 is 0 Å². The molecule has 0 aromatic carbocycles. The van der Waals surface area contributed by atoms with Crippen molar-refractivity contribution in [3.8, 4) is 52.1 Å². The second-order valence-corrected chi connectivity index (χ2v) is 10.3. The standard InChI is InChI=1S/C29H27N12O3.Pt/c1-17-31-26(39-36-17)21-12-11-20(13-30-21)42-14-29(4,15-43-24-9-5-7-22(34-24)27-32-18(2)37-40-27)16-44-25-10-6-8-23(35-25)28-33-19(3)38-41-28;/h5-13H,14-16H2,1-4H3;/q-3;. The van der Waals surface area contributed by atoms with Crippen LogP contribution in [0.3, 0.4) is 0 Å². The minimum Gasteiger partial charge on any atom is -0.491 e. The number of rotatable bonds is 12. The first-order valence-electron chi connectivity index (χ1n) is 13.6. The van der Waals surface area contributed by atoms with Gasteiger partial charge < -0.3 is 44.5 Å². The van der Waals surface area contributed by atoms with Crippen molar-refractivity contribution < 1.29 is 35.3 Å². The number of aromatic nitrogens is 12. The van der Waals surface area contributed by atoms with Crippen LogP contribution in [0.4, 0.5) is 0 Å². The Hall–Kier alpha value is -5.04. The fraction of sp³-hybridized carbons (Fsp3) is 0.276. The smallest absolute Gasteiger partial charge is 0.213 e. The van der Waals surface area contributed by atoms with Gasteiger partial charge in [-0.25, -0.2) is 9.97 Å². The minimum atomic E-state index is -0.659. The monoisotopic (exact) mass is 786 g/mol. The van der Waals surface area contributed by atoms with Gasteiger partial charge in [0.05, 0.1) is 28.7 Å². The molecule has 0 atom stereocenters. The van der Waals surface area contributed by atoms with Gasteiger partial charge in [-0.1, -0.05) is 12.1 Å². The fourth-order valence-corrected chi connectivity index (χ4v) is 3.99. The maximum atomic E-state index is 6.16. The third-order valence-electron chi connectivity index (χ3n) is 6.27. The first kappa shape index (κ1) is 31.4. The van der Waals surface area contributed by atoms with E-state index in [-0.39, 0.29) is 40.9 Å². The second-order valence-electron chi connectivity index (χ2n) is 10.3. The molecule has 0 spiro atoms. The van der Waals surface area contributed by atoms with Crippen LogP contribution in [0.2, 0.25) is 0 Å². The molecule has 6 aromatic heterocycles. The summed E-state index contributed by atoms with van der Waals surface area (Å²) in [6, 6.07) is 14.4. The van der Waals surface area contributed by atoms with Crippen LogP contribution < -0.4 is 29.5 Å². The largest absolute Gasteiger partial charge is 0.491 e. The molecular weight excluding hydrogens is 759 g/mol. The second kappa shape index (κ2) is 13.7. The van der Waals surface area contributed by atoms with E-state index in [0.29, 0.717) is 69.5 Å². The van der Waals surface area contributed by atoms with Crippen LogP contribution in [0.15, 0.2) is 54.7 Å². The molecule has 0 saturated heterocycles. The van der Waals surface area contributed by atoms with E-state index in [1.165, 1.54) is 0 Å². The Morgan fingerprint density at radius 3 is 1.47 bits per heavy atom. The number of aryl methyl sites for hydroxylation is 3. The van der Waals surface area contributed by atoms with E-state index in [1.54, 1.807) is 63.4 Å². The van der Waals surface area contributed by atoms with Gasteiger partial charge in [0.15, 0.2) is 0 Å². The van der Waals surface area contributed by atoms with Gasteiger partial charge in [0.2, 0.25) is 11.8 Å². The molecular formula is C29H27N12O3Pt-3. The molecule has 0 aliphatic heterocycles. The maximum absolute atomic E-state index is 6.16. The summed E-state index contributed by atoms with van der Waals surface area (Å²) >= 11 is 0. The Morgan fingerprint density at radius 2 is 1.04 bits per heavy atom. The van der Waals surface area contributed by atoms with Crippen molar-refractivity contribution >= 4 is 0 Å². The van der Waals surface area contributed by atoms with Gasteiger partial charge in [-0.15, -0.1) is 0 Å². The molecule has 0 aliphatic carbocycles. The van der Waals surface area contributed by atoms with E-state index in [1.807, 2.05) is 19.1 Å². The van der Waals surface area contributed by atoms with Gasteiger partial charge in [-0.3, -0.25) is 20.3 Å². The molecule has 16 heteroatoms. The SMILES string of the molecule is Cc1n[n-]c(-c2ccc(OCC(C)(COc3cccc(-c4nc(C)n[n-]4)n3)COc3cccc(-c4nc(C)n[n-]4)n3)cn2)n1.[Pt]. The molecule has 0 bridgehead atoms. The number of ether oxygens (including phenoxy) is 3.